The molecule has 0 unspecified atom stereocenters. The third kappa shape index (κ3) is 5.54. The SMILES string of the molecule is CC(C)(C)NCc1ccc(CN2CCCCCCC2=O)o1. The van der Waals surface area contributed by atoms with Gasteiger partial charge in [0.15, 0.2) is 0 Å². The highest BCUT2D eigenvalue weighted by molar-refractivity contribution is 5.76. The fourth-order valence-corrected chi connectivity index (χ4v) is 2.53. The largest absolute Gasteiger partial charge is 0.463 e. The van der Waals surface area contributed by atoms with Gasteiger partial charge in [0.1, 0.15) is 11.5 Å². The number of hydrogen-bond donors (Lipinski definition) is 1. The Bertz CT molecular complexity index is 460. The molecule has 1 aliphatic rings. The Morgan fingerprint density at radius 2 is 1.86 bits per heavy atom. The average Bonchev–Trinajstić information content (AvgIpc) is 2.83. The maximum Gasteiger partial charge on any atom is 0.222 e. The van der Waals surface area contributed by atoms with E-state index in [1.807, 2.05) is 17.0 Å². The molecule has 4 nitrogen and oxygen atoms in total. The molecule has 1 aromatic rings. The summed E-state index contributed by atoms with van der Waals surface area (Å²) in [6.45, 7) is 8.59. The summed E-state index contributed by atoms with van der Waals surface area (Å²) >= 11 is 0. The van der Waals surface area contributed by atoms with Crippen LogP contribution in [0.15, 0.2) is 16.5 Å². The zero-order valence-electron chi connectivity index (χ0n) is 13.6. The highest BCUT2D eigenvalue weighted by Crippen LogP contribution is 2.16. The van der Waals surface area contributed by atoms with Gasteiger partial charge in [-0.15, -0.1) is 0 Å². The van der Waals surface area contributed by atoms with Crippen molar-refractivity contribution in [3.8, 4) is 0 Å². The van der Waals surface area contributed by atoms with Crippen LogP contribution in [0.5, 0.6) is 0 Å². The van der Waals surface area contributed by atoms with Gasteiger partial charge < -0.3 is 14.6 Å². The summed E-state index contributed by atoms with van der Waals surface area (Å²) < 4.78 is 5.85. The zero-order chi connectivity index (χ0) is 15.3. The molecule has 2 rings (SSSR count). The molecule has 1 amide bonds. The van der Waals surface area contributed by atoms with Gasteiger partial charge in [-0.3, -0.25) is 4.79 Å². The van der Waals surface area contributed by atoms with Gasteiger partial charge in [-0.1, -0.05) is 12.8 Å². The van der Waals surface area contributed by atoms with Crippen LogP contribution < -0.4 is 5.32 Å². The maximum atomic E-state index is 12.1. The molecule has 2 heterocycles. The summed E-state index contributed by atoms with van der Waals surface area (Å²) in [5.41, 5.74) is 0.0754. The van der Waals surface area contributed by atoms with Gasteiger partial charge in [0.25, 0.3) is 0 Å². The predicted molar refractivity (Wildman–Crippen MR) is 83.8 cm³/mol. The fraction of sp³-hybridized carbons (Fsp3) is 0.706. The van der Waals surface area contributed by atoms with E-state index >= 15 is 0 Å². The Kier molecular flexibility index (Phi) is 5.45. The monoisotopic (exact) mass is 292 g/mol. The number of nitrogens with one attached hydrogen (secondary N) is 1. The van der Waals surface area contributed by atoms with Crippen molar-refractivity contribution in [3.05, 3.63) is 23.7 Å². The van der Waals surface area contributed by atoms with Gasteiger partial charge in [0.2, 0.25) is 5.91 Å². The normalized spacial score (nSPS) is 17.7. The second-order valence-corrected chi connectivity index (χ2v) is 6.95. The molecule has 0 aliphatic carbocycles. The van der Waals surface area contributed by atoms with Crippen LogP contribution in [0.25, 0.3) is 0 Å². The number of rotatable bonds is 4. The molecule has 0 spiro atoms. The quantitative estimate of drug-likeness (QED) is 0.924. The summed E-state index contributed by atoms with van der Waals surface area (Å²) in [6, 6.07) is 3.99. The Morgan fingerprint density at radius 1 is 1.14 bits per heavy atom. The minimum atomic E-state index is 0.0754. The van der Waals surface area contributed by atoms with Crippen molar-refractivity contribution in [3.63, 3.8) is 0 Å². The second-order valence-electron chi connectivity index (χ2n) is 6.95. The lowest BCUT2D eigenvalue weighted by atomic mass is 10.1. The van der Waals surface area contributed by atoms with E-state index in [1.165, 1.54) is 12.8 Å². The third-order valence-corrected chi connectivity index (χ3v) is 3.78. The van der Waals surface area contributed by atoms with Crippen LogP contribution in [-0.2, 0) is 17.9 Å². The Hall–Kier alpha value is -1.29. The lowest BCUT2D eigenvalue weighted by Gasteiger charge is -2.23. The number of carbonyl (C=O) groups is 1. The smallest absolute Gasteiger partial charge is 0.222 e. The van der Waals surface area contributed by atoms with Crippen molar-refractivity contribution in [1.82, 2.24) is 10.2 Å². The molecule has 0 atom stereocenters. The Balaban J connectivity index is 1.90. The van der Waals surface area contributed by atoms with Crippen LogP contribution in [0, 0.1) is 0 Å². The van der Waals surface area contributed by atoms with E-state index < -0.39 is 0 Å². The Morgan fingerprint density at radius 3 is 2.62 bits per heavy atom. The topological polar surface area (TPSA) is 45.5 Å². The van der Waals surface area contributed by atoms with Crippen LogP contribution in [0.1, 0.15) is 64.4 Å². The van der Waals surface area contributed by atoms with E-state index in [1.54, 1.807) is 0 Å². The molecule has 0 radical (unpaired) electrons. The van der Waals surface area contributed by atoms with Crippen molar-refractivity contribution >= 4 is 5.91 Å². The van der Waals surface area contributed by atoms with Crippen LogP contribution in [-0.4, -0.2) is 22.9 Å². The third-order valence-electron chi connectivity index (χ3n) is 3.78. The molecule has 21 heavy (non-hydrogen) atoms. The zero-order valence-corrected chi connectivity index (χ0v) is 13.6. The highest BCUT2D eigenvalue weighted by Gasteiger charge is 2.17. The summed E-state index contributed by atoms with van der Waals surface area (Å²) in [5, 5.41) is 3.41. The first-order chi connectivity index (χ1) is 9.94. The van der Waals surface area contributed by atoms with Crippen LogP contribution in [0.4, 0.5) is 0 Å². The van der Waals surface area contributed by atoms with Gasteiger partial charge in [0.05, 0.1) is 13.1 Å². The number of nitrogens with zero attached hydrogens (tertiary/aromatic N) is 1. The van der Waals surface area contributed by atoms with Crippen LogP contribution in [0.2, 0.25) is 0 Å². The van der Waals surface area contributed by atoms with Crippen molar-refractivity contribution in [2.75, 3.05) is 6.54 Å². The minimum Gasteiger partial charge on any atom is -0.463 e. The summed E-state index contributed by atoms with van der Waals surface area (Å²) in [4.78, 5) is 14.1. The van der Waals surface area contributed by atoms with Gasteiger partial charge in [-0.2, -0.15) is 0 Å². The van der Waals surface area contributed by atoms with Crippen LogP contribution >= 0.6 is 0 Å². The molecule has 1 aromatic heterocycles. The lowest BCUT2D eigenvalue weighted by molar-refractivity contribution is -0.132. The molecule has 118 valence electrons. The number of likely N-dealkylation sites (tertiary alicyclic amines) is 1. The Labute approximate surface area is 127 Å². The van der Waals surface area contributed by atoms with E-state index in [0.717, 1.165) is 37.5 Å². The number of furan rings is 1. The molecule has 1 fully saturated rings. The van der Waals surface area contributed by atoms with Crippen molar-refractivity contribution in [1.29, 1.82) is 0 Å². The van der Waals surface area contributed by atoms with Crippen LogP contribution in [0.3, 0.4) is 0 Å². The number of hydrogen-bond acceptors (Lipinski definition) is 3. The molecular formula is C17H28N2O2. The standard InChI is InChI=1S/C17H28N2O2/c1-17(2,3)18-12-14-9-10-15(21-14)13-19-11-7-5-4-6-8-16(19)20/h9-10,18H,4-8,11-13H2,1-3H3. The van der Waals surface area contributed by atoms with Crippen molar-refractivity contribution in [2.24, 2.45) is 0 Å². The molecule has 4 heteroatoms. The summed E-state index contributed by atoms with van der Waals surface area (Å²) in [5.74, 6) is 2.08. The fourth-order valence-electron chi connectivity index (χ4n) is 2.53. The molecule has 1 saturated heterocycles. The molecule has 1 N–H and O–H groups in total. The highest BCUT2D eigenvalue weighted by atomic mass is 16.3. The number of amides is 1. The number of carbonyl (C=O) groups excluding carboxylic acids is 1. The van der Waals surface area contributed by atoms with Gasteiger partial charge in [-0.05, 0) is 45.7 Å². The van der Waals surface area contributed by atoms with E-state index in [-0.39, 0.29) is 11.4 Å². The second kappa shape index (κ2) is 7.12. The van der Waals surface area contributed by atoms with E-state index in [9.17, 15) is 4.79 Å². The molecular weight excluding hydrogens is 264 g/mol. The molecule has 0 aromatic carbocycles. The maximum absolute atomic E-state index is 12.1. The molecule has 1 aliphatic heterocycles. The van der Waals surface area contributed by atoms with Crippen molar-refractivity contribution < 1.29 is 9.21 Å². The minimum absolute atomic E-state index is 0.0754. The first-order valence-corrected chi connectivity index (χ1v) is 8.04. The first-order valence-electron chi connectivity index (χ1n) is 8.04. The predicted octanol–water partition coefficient (Wildman–Crippen LogP) is 3.46. The summed E-state index contributed by atoms with van der Waals surface area (Å²) in [7, 11) is 0. The van der Waals surface area contributed by atoms with Gasteiger partial charge >= 0.3 is 0 Å². The van der Waals surface area contributed by atoms with E-state index in [0.29, 0.717) is 13.0 Å². The molecule has 0 saturated carbocycles. The van der Waals surface area contributed by atoms with E-state index in [4.69, 9.17) is 4.42 Å². The average molecular weight is 292 g/mol. The van der Waals surface area contributed by atoms with Crippen molar-refractivity contribution in [2.45, 2.75) is 71.5 Å². The van der Waals surface area contributed by atoms with Gasteiger partial charge in [-0.25, -0.2) is 0 Å². The molecule has 0 bridgehead atoms. The first kappa shape index (κ1) is 16.1. The van der Waals surface area contributed by atoms with E-state index in [2.05, 4.69) is 26.1 Å². The lowest BCUT2D eigenvalue weighted by Crippen LogP contribution is -2.34. The summed E-state index contributed by atoms with van der Waals surface area (Å²) in [6.07, 6.45) is 5.21. The van der Waals surface area contributed by atoms with Gasteiger partial charge in [0, 0.05) is 18.5 Å².